The first-order valence-corrected chi connectivity index (χ1v) is 9.59. The van der Waals surface area contributed by atoms with E-state index in [2.05, 4.69) is 4.98 Å². The fraction of sp³-hybridized carbons (Fsp3) is 0.263. The van der Waals surface area contributed by atoms with Gasteiger partial charge in [-0.25, -0.2) is 9.37 Å². The molecule has 0 aliphatic carbocycles. The van der Waals surface area contributed by atoms with Gasteiger partial charge in [-0.05, 0) is 31.5 Å². The van der Waals surface area contributed by atoms with E-state index in [1.54, 1.807) is 29.7 Å². The number of nitrogens with zero attached hydrogens (tertiary/aromatic N) is 3. The van der Waals surface area contributed by atoms with E-state index in [4.69, 9.17) is 4.74 Å². The molecule has 146 valence electrons. The molecule has 9 heteroatoms. The molecule has 28 heavy (non-hydrogen) atoms. The van der Waals surface area contributed by atoms with Crippen molar-refractivity contribution in [3.8, 4) is 5.69 Å². The van der Waals surface area contributed by atoms with Gasteiger partial charge in [0.15, 0.2) is 11.0 Å². The first kappa shape index (κ1) is 19.8. The van der Waals surface area contributed by atoms with Crippen LogP contribution in [0.25, 0.3) is 16.7 Å². The third-order valence-corrected chi connectivity index (χ3v) is 5.38. The third-order valence-electron chi connectivity index (χ3n) is 4.08. The van der Waals surface area contributed by atoms with Crippen molar-refractivity contribution in [2.24, 2.45) is 0 Å². The van der Waals surface area contributed by atoms with Crippen LogP contribution in [0.4, 0.5) is 10.1 Å². The van der Waals surface area contributed by atoms with E-state index in [-0.39, 0.29) is 24.0 Å². The molecule has 2 aromatic carbocycles. The second kappa shape index (κ2) is 8.39. The number of carbonyl (C=O) groups is 1. The van der Waals surface area contributed by atoms with Crippen molar-refractivity contribution in [3.63, 3.8) is 0 Å². The highest BCUT2D eigenvalue weighted by molar-refractivity contribution is 8.00. The molecule has 1 heterocycles. The van der Waals surface area contributed by atoms with Gasteiger partial charge in [0.1, 0.15) is 5.25 Å². The summed E-state index contributed by atoms with van der Waals surface area (Å²) in [6.45, 7) is 3.86. The predicted octanol–water partition coefficient (Wildman–Crippen LogP) is 4.51. The SMILES string of the molecule is CCOC(=O)C(CC)Sc1nc2ccccc2n1-c1ccc([N+](=O)[O-])cc1F. The van der Waals surface area contributed by atoms with Gasteiger partial charge in [0.25, 0.3) is 5.69 Å². The minimum absolute atomic E-state index is 0.125. The third kappa shape index (κ3) is 3.84. The quantitative estimate of drug-likeness (QED) is 0.250. The number of esters is 1. The molecule has 3 aromatic rings. The Kier molecular flexibility index (Phi) is 5.93. The summed E-state index contributed by atoms with van der Waals surface area (Å²) < 4.78 is 21.4. The highest BCUT2D eigenvalue weighted by Crippen LogP contribution is 2.33. The van der Waals surface area contributed by atoms with Gasteiger partial charge in [-0.2, -0.15) is 0 Å². The Morgan fingerprint density at radius 1 is 1.32 bits per heavy atom. The molecule has 0 saturated heterocycles. The monoisotopic (exact) mass is 403 g/mol. The molecule has 0 saturated carbocycles. The van der Waals surface area contributed by atoms with E-state index in [0.717, 1.165) is 6.07 Å². The number of aromatic nitrogens is 2. The summed E-state index contributed by atoms with van der Waals surface area (Å²) in [6.07, 6.45) is 0.509. The van der Waals surface area contributed by atoms with Crippen LogP contribution in [0, 0.1) is 15.9 Å². The van der Waals surface area contributed by atoms with E-state index in [1.165, 1.54) is 23.9 Å². The Hall–Kier alpha value is -2.94. The van der Waals surface area contributed by atoms with Gasteiger partial charge in [-0.1, -0.05) is 30.8 Å². The molecule has 0 aliphatic rings. The Morgan fingerprint density at radius 2 is 2.07 bits per heavy atom. The Balaban J connectivity index is 2.12. The van der Waals surface area contributed by atoms with Crippen LogP contribution in [0.15, 0.2) is 47.6 Å². The van der Waals surface area contributed by atoms with E-state index in [0.29, 0.717) is 22.6 Å². The summed E-state index contributed by atoms with van der Waals surface area (Å²) in [6, 6.07) is 10.6. The molecule has 0 aliphatic heterocycles. The van der Waals surface area contributed by atoms with Gasteiger partial charge >= 0.3 is 5.97 Å². The van der Waals surface area contributed by atoms with Crippen LogP contribution >= 0.6 is 11.8 Å². The van der Waals surface area contributed by atoms with Crippen LogP contribution in [0.3, 0.4) is 0 Å². The minimum Gasteiger partial charge on any atom is -0.465 e. The van der Waals surface area contributed by atoms with Crippen molar-refractivity contribution in [2.75, 3.05) is 6.61 Å². The fourth-order valence-corrected chi connectivity index (χ4v) is 3.81. The first-order valence-electron chi connectivity index (χ1n) is 8.71. The molecule has 3 rings (SSSR count). The van der Waals surface area contributed by atoms with Gasteiger partial charge < -0.3 is 4.74 Å². The Morgan fingerprint density at radius 3 is 2.71 bits per heavy atom. The van der Waals surface area contributed by atoms with Crippen molar-refractivity contribution in [3.05, 3.63) is 58.4 Å². The second-order valence-corrected chi connectivity index (χ2v) is 7.05. The predicted molar refractivity (Wildman–Crippen MR) is 104 cm³/mol. The Bertz CT molecular complexity index is 1040. The van der Waals surface area contributed by atoms with Crippen LogP contribution in [0.2, 0.25) is 0 Å². The minimum atomic E-state index is -0.747. The lowest BCUT2D eigenvalue weighted by atomic mass is 10.2. The molecule has 1 aromatic heterocycles. The molecule has 0 amide bonds. The van der Waals surface area contributed by atoms with E-state index in [9.17, 15) is 19.3 Å². The van der Waals surface area contributed by atoms with Gasteiger partial charge in [0, 0.05) is 6.07 Å². The van der Waals surface area contributed by atoms with Crippen LogP contribution in [-0.2, 0) is 9.53 Å². The standard InChI is InChI=1S/C19H18FN3O4S/c1-3-17(18(24)27-4-2)28-19-21-14-7-5-6-8-16(14)22(19)15-10-9-12(23(25)26)11-13(15)20/h5-11,17H,3-4H2,1-2H3. The lowest BCUT2D eigenvalue weighted by molar-refractivity contribution is -0.385. The number of rotatable bonds is 7. The molecule has 0 radical (unpaired) electrons. The van der Waals surface area contributed by atoms with Crippen molar-refractivity contribution < 1.29 is 18.8 Å². The maximum atomic E-state index is 14.7. The van der Waals surface area contributed by atoms with Gasteiger partial charge in [0.2, 0.25) is 0 Å². The number of fused-ring (bicyclic) bond motifs is 1. The topological polar surface area (TPSA) is 87.3 Å². The van der Waals surface area contributed by atoms with E-state index < -0.39 is 16.0 Å². The summed E-state index contributed by atoms with van der Waals surface area (Å²) in [5, 5.41) is 10.8. The number of carbonyl (C=O) groups excluding carboxylic acids is 1. The highest BCUT2D eigenvalue weighted by atomic mass is 32.2. The average Bonchev–Trinajstić information content (AvgIpc) is 3.04. The highest BCUT2D eigenvalue weighted by Gasteiger charge is 2.25. The number of benzene rings is 2. The molecule has 1 atom stereocenters. The largest absolute Gasteiger partial charge is 0.465 e. The van der Waals surface area contributed by atoms with Gasteiger partial charge in [-0.15, -0.1) is 0 Å². The zero-order valence-corrected chi connectivity index (χ0v) is 16.1. The fourth-order valence-electron chi connectivity index (χ4n) is 2.77. The number of nitro groups is 1. The summed E-state index contributed by atoms with van der Waals surface area (Å²) >= 11 is 1.18. The summed E-state index contributed by atoms with van der Waals surface area (Å²) in [5.41, 5.74) is 1.05. The van der Waals surface area contributed by atoms with Crippen LogP contribution in [-0.4, -0.2) is 32.3 Å². The number of para-hydroxylation sites is 2. The normalized spacial score (nSPS) is 12.1. The van der Waals surface area contributed by atoms with Crippen molar-refractivity contribution >= 4 is 34.5 Å². The number of hydrogen-bond donors (Lipinski definition) is 0. The smallest absolute Gasteiger partial charge is 0.319 e. The molecule has 0 bridgehead atoms. The zero-order valence-electron chi connectivity index (χ0n) is 15.3. The lowest BCUT2D eigenvalue weighted by Crippen LogP contribution is -2.20. The number of imidazole rings is 1. The zero-order chi connectivity index (χ0) is 20.3. The number of ether oxygens (including phenoxy) is 1. The lowest BCUT2D eigenvalue weighted by Gasteiger charge is -2.15. The molecule has 1 unspecified atom stereocenters. The summed E-state index contributed by atoms with van der Waals surface area (Å²) in [5.74, 6) is -1.11. The second-order valence-electron chi connectivity index (χ2n) is 5.88. The van der Waals surface area contributed by atoms with E-state index in [1.807, 2.05) is 13.0 Å². The maximum absolute atomic E-state index is 14.7. The average molecular weight is 403 g/mol. The van der Waals surface area contributed by atoms with Crippen LogP contribution < -0.4 is 0 Å². The molecular formula is C19H18FN3O4S. The van der Waals surface area contributed by atoms with Gasteiger partial charge in [0.05, 0.1) is 34.3 Å². The van der Waals surface area contributed by atoms with Crippen LogP contribution in [0.1, 0.15) is 20.3 Å². The molecule has 0 N–H and O–H groups in total. The summed E-state index contributed by atoms with van der Waals surface area (Å²) in [4.78, 5) is 27.0. The van der Waals surface area contributed by atoms with E-state index >= 15 is 0 Å². The van der Waals surface area contributed by atoms with Crippen molar-refractivity contribution in [1.29, 1.82) is 0 Å². The molecular weight excluding hydrogens is 385 g/mol. The van der Waals surface area contributed by atoms with Crippen molar-refractivity contribution in [1.82, 2.24) is 9.55 Å². The number of non-ortho nitro benzene ring substituents is 1. The number of hydrogen-bond acceptors (Lipinski definition) is 6. The Labute approximate surface area is 164 Å². The summed E-state index contributed by atoms with van der Waals surface area (Å²) in [7, 11) is 0. The molecule has 0 spiro atoms. The number of thioether (sulfide) groups is 1. The maximum Gasteiger partial charge on any atom is 0.319 e. The first-order chi connectivity index (χ1) is 13.5. The van der Waals surface area contributed by atoms with Crippen LogP contribution in [0.5, 0.6) is 0 Å². The van der Waals surface area contributed by atoms with Gasteiger partial charge in [-0.3, -0.25) is 19.5 Å². The molecule has 7 nitrogen and oxygen atoms in total. The molecule has 0 fully saturated rings. The number of halogens is 1. The number of nitro benzene ring substituents is 1. The van der Waals surface area contributed by atoms with Crippen molar-refractivity contribution in [2.45, 2.75) is 30.7 Å².